The van der Waals surface area contributed by atoms with Crippen LogP contribution in [0.25, 0.3) is 0 Å². The molecule has 0 radical (unpaired) electrons. The molecule has 78 valence electrons. The summed E-state index contributed by atoms with van der Waals surface area (Å²) in [6, 6.07) is 11.0. The van der Waals surface area contributed by atoms with Gasteiger partial charge in [-0.15, -0.1) is 0 Å². The van der Waals surface area contributed by atoms with E-state index in [0.717, 1.165) is 6.42 Å². The highest BCUT2D eigenvalue weighted by Gasteiger charge is 2.17. The average Bonchev–Trinajstić information content (AvgIpc) is 2.72. The molecule has 0 aromatic heterocycles. The number of rotatable bonds is 3. The van der Waals surface area contributed by atoms with E-state index in [1.165, 1.54) is 11.1 Å². The summed E-state index contributed by atoms with van der Waals surface area (Å²) in [6.45, 7) is 0. The Balaban J connectivity index is 2.32. The van der Waals surface area contributed by atoms with Gasteiger partial charge in [-0.1, -0.05) is 48.6 Å². The van der Waals surface area contributed by atoms with Gasteiger partial charge in [-0.3, -0.25) is 4.90 Å². The van der Waals surface area contributed by atoms with Crippen molar-refractivity contribution in [2.75, 3.05) is 14.1 Å². The van der Waals surface area contributed by atoms with Gasteiger partial charge >= 0.3 is 0 Å². The van der Waals surface area contributed by atoms with Crippen LogP contribution >= 0.6 is 0 Å². The number of hydrogen-bond acceptors (Lipinski definition) is 1. The SMILES string of the molecule is CN(C)[C@H](C1=CCC=C1)c1ccccc1. The highest BCUT2D eigenvalue weighted by Crippen LogP contribution is 2.29. The van der Waals surface area contributed by atoms with Crippen LogP contribution in [0.2, 0.25) is 0 Å². The molecular weight excluding hydrogens is 182 g/mol. The first-order valence-corrected chi connectivity index (χ1v) is 5.37. The van der Waals surface area contributed by atoms with Crippen molar-refractivity contribution in [1.29, 1.82) is 0 Å². The van der Waals surface area contributed by atoms with E-state index in [-0.39, 0.29) is 0 Å². The Morgan fingerprint density at radius 1 is 1.13 bits per heavy atom. The van der Waals surface area contributed by atoms with E-state index in [2.05, 4.69) is 67.6 Å². The van der Waals surface area contributed by atoms with Crippen molar-refractivity contribution in [2.45, 2.75) is 12.5 Å². The maximum atomic E-state index is 2.30. The molecule has 1 atom stereocenters. The van der Waals surface area contributed by atoms with Crippen molar-refractivity contribution in [3.8, 4) is 0 Å². The summed E-state index contributed by atoms with van der Waals surface area (Å²) in [6.07, 6.45) is 7.83. The minimum absolute atomic E-state index is 0.393. The van der Waals surface area contributed by atoms with Crippen LogP contribution in [0.1, 0.15) is 18.0 Å². The first-order valence-electron chi connectivity index (χ1n) is 5.37. The molecule has 0 bridgehead atoms. The molecule has 1 aromatic rings. The maximum absolute atomic E-state index is 2.30. The predicted molar refractivity (Wildman–Crippen MR) is 64.7 cm³/mol. The van der Waals surface area contributed by atoms with Gasteiger partial charge in [0.25, 0.3) is 0 Å². The Hall–Kier alpha value is -1.34. The minimum atomic E-state index is 0.393. The quantitative estimate of drug-likeness (QED) is 0.722. The van der Waals surface area contributed by atoms with E-state index in [1.54, 1.807) is 0 Å². The number of hydrogen-bond donors (Lipinski definition) is 0. The molecule has 0 heterocycles. The van der Waals surface area contributed by atoms with Crippen molar-refractivity contribution in [3.63, 3.8) is 0 Å². The lowest BCUT2D eigenvalue weighted by Gasteiger charge is -2.25. The van der Waals surface area contributed by atoms with Crippen LogP contribution in [-0.2, 0) is 0 Å². The lowest BCUT2D eigenvalue weighted by atomic mass is 9.99. The van der Waals surface area contributed by atoms with Gasteiger partial charge in [0, 0.05) is 0 Å². The molecule has 0 spiro atoms. The van der Waals surface area contributed by atoms with Crippen LogP contribution in [0.5, 0.6) is 0 Å². The van der Waals surface area contributed by atoms with Gasteiger partial charge in [0.2, 0.25) is 0 Å². The molecule has 1 aliphatic carbocycles. The van der Waals surface area contributed by atoms with Crippen LogP contribution in [0, 0.1) is 0 Å². The molecule has 0 amide bonds. The zero-order valence-corrected chi connectivity index (χ0v) is 9.35. The first-order chi connectivity index (χ1) is 7.29. The Labute approximate surface area is 91.7 Å². The van der Waals surface area contributed by atoms with E-state index >= 15 is 0 Å². The molecule has 1 aromatic carbocycles. The van der Waals surface area contributed by atoms with E-state index < -0.39 is 0 Å². The molecule has 1 aliphatic rings. The molecule has 0 N–H and O–H groups in total. The third-order valence-corrected chi connectivity index (χ3v) is 2.75. The average molecular weight is 199 g/mol. The third-order valence-electron chi connectivity index (χ3n) is 2.75. The Morgan fingerprint density at radius 3 is 2.40 bits per heavy atom. The number of benzene rings is 1. The zero-order chi connectivity index (χ0) is 10.7. The van der Waals surface area contributed by atoms with Gasteiger partial charge in [-0.25, -0.2) is 0 Å². The molecule has 1 nitrogen and oxygen atoms in total. The summed E-state index contributed by atoms with van der Waals surface area (Å²) in [7, 11) is 4.26. The van der Waals surface area contributed by atoms with E-state index in [1.807, 2.05) is 0 Å². The molecule has 0 fully saturated rings. The van der Waals surface area contributed by atoms with Crippen LogP contribution in [0.4, 0.5) is 0 Å². The van der Waals surface area contributed by atoms with Crippen molar-refractivity contribution in [3.05, 3.63) is 59.7 Å². The van der Waals surface area contributed by atoms with Crippen LogP contribution in [0.15, 0.2) is 54.1 Å². The fourth-order valence-corrected chi connectivity index (χ4v) is 2.10. The highest BCUT2D eigenvalue weighted by atomic mass is 15.1. The van der Waals surface area contributed by atoms with Crippen LogP contribution in [0.3, 0.4) is 0 Å². The van der Waals surface area contributed by atoms with Crippen molar-refractivity contribution < 1.29 is 0 Å². The van der Waals surface area contributed by atoms with Crippen LogP contribution in [-0.4, -0.2) is 19.0 Å². The summed E-state index contributed by atoms with van der Waals surface area (Å²) in [5, 5.41) is 0. The summed E-state index contributed by atoms with van der Waals surface area (Å²) >= 11 is 0. The molecule has 1 heteroatoms. The van der Waals surface area contributed by atoms with Crippen molar-refractivity contribution in [1.82, 2.24) is 4.90 Å². The van der Waals surface area contributed by atoms with Gasteiger partial charge in [0.15, 0.2) is 0 Å². The summed E-state index contributed by atoms with van der Waals surface area (Å²) in [5.41, 5.74) is 2.77. The molecule has 0 saturated heterocycles. The second-order valence-corrected chi connectivity index (χ2v) is 4.12. The first kappa shape index (κ1) is 10.2. The second kappa shape index (κ2) is 4.45. The Morgan fingerprint density at radius 2 is 1.87 bits per heavy atom. The van der Waals surface area contributed by atoms with Gasteiger partial charge in [-0.05, 0) is 31.7 Å². The van der Waals surface area contributed by atoms with Crippen molar-refractivity contribution in [2.24, 2.45) is 0 Å². The van der Waals surface area contributed by atoms with Crippen LogP contribution < -0.4 is 0 Å². The van der Waals surface area contributed by atoms with E-state index in [0.29, 0.717) is 6.04 Å². The molecule has 2 rings (SSSR count). The molecule has 0 saturated carbocycles. The monoisotopic (exact) mass is 199 g/mol. The highest BCUT2D eigenvalue weighted by molar-refractivity contribution is 5.37. The van der Waals surface area contributed by atoms with Gasteiger partial charge in [-0.2, -0.15) is 0 Å². The molecular formula is C14H17N. The summed E-state index contributed by atoms with van der Waals surface area (Å²) in [5.74, 6) is 0. The Bertz CT molecular complexity index is 374. The van der Waals surface area contributed by atoms with Gasteiger partial charge in [0.1, 0.15) is 0 Å². The molecule has 0 unspecified atom stereocenters. The molecule has 0 aliphatic heterocycles. The summed E-state index contributed by atoms with van der Waals surface area (Å²) < 4.78 is 0. The fourth-order valence-electron chi connectivity index (χ4n) is 2.10. The smallest absolute Gasteiger partial charge is 0.0593 e. The maximum Gasteiger partial charge on any atom is 0.0593 e. The number of allylic oxidation sites excluding steroid dienone is 2. The second-order valence-electron chi connectivity index (χ2n) is 4.12. The van der Waals surface area contributed by atoms with Crippen molar-refractivity contribution >= 4 is 0 Å². The summed E-state index contributed by atoms with van der Waals surface area (Å²) in [4.78, 5) is 2.26. The molecule has 15 heavy (non-hydrogen) atoms. The largest absolute Gasteiger partial charge is 0.299 e. The normalized spacial score (nSPS) is 16.9. The standard InChI is InChI=1S/C14H17N/c1-15(2)14(13-10-6-7-11-13)12-8-4-3-5-9-12/h3-6,8-11,14H,7H2,1-2H3/t14-/m0/s1. The topological polar surface area (TPSA) is 3.24 Å². The van der Waals surface area contributed by atoms with Gasteiger partial charge in [0.05, 0.1) is 6.04 Å². The minimum Gasteiger partial charge on any atom is -0.299 e. The number of nitrogens with zero attached hydrogens (tertiary/aromatic N) is 1. The van der Waals surface area contributed by atoms with E-state index in [4.69, 9.17) is 0 Å². The Kier molecular flexibility index (Phi) is 3.02. The zero-order valence-electron chi connectivity index (χ0n) is 9.35. The lowest BCUT2D eigenvalue weighted by molar-refractivity contribution is 0.342. The number of likely N-dealkylation sites (N-methyl/N-ethyl adjacent to an activating group) is 1. The fraction of sp³-hybridized carbons (Fsp3) is 0.286. The van der Waals surface area contributed by atoms with E-state index in [9.17, 15) is 0 Å². The van der Waals surface area contributed by atoms with Gasteiger partial charge < -0.3 is 0 Å². The lowest BCUT2D eigenvalue weighted by Crippen LogP contribution is -2.20. The third kappa shape index (κ3) is 2.18. The predicted octanol–water partition coefficient (Wildman–Crippen LogP) is 3.18.